The summed E-state index contributed by atoms with van der Waals surface area (Å²) < 4.78 is 11.8. The zero-order valence-electron chi connectivity index (χ0n) is 13.7. The van der Waals surface area contributed by atoms with Gasteiger partial charge in [0.05, 0.1) is 6.61 Å². The van der Waals surface area contributed by atoms with E-state index in [9.17, 15) is 4.79 Å². The molecule has 0 spiro atoms. The summed E-state index contributed by atoms with van der Waals surface area (Å²) in [4.78, 5) is 10.3. The molecule has 23 heavy (non-hydrogen) atoms. The Kier molecular flexibility index (Phi) is 9.81. The Morgan fingerprint density at radius 2 is 1.96 bits per heavy atom. The average molecular weight is 359 g/mol. The van der Waals surface area contributed by atoms with Gasteiger partial charge in [-0.3, -0.25) is 0 Å². The molecule has 1 aromatic carbocycles. The summed E-state index contributed by atoms with van der Waals surface area (Å²) >= 11 is 11.1. The van der Waals surface area contributed by atoms with Crippen molar-refractivity contribution in [3.63, 3.8) is 0 Å². The normalized spacial score (nSPS) is 10.3. The van der Waals surface area contributed by atoms with Crippen molar-refractivity contribution in [1.29, 1.82) is 0 Å². The number of aldehydes is 1. The van der Waals surface area contributed by atoms with Crippen LogP contribution in [0.15, 0.2) is 22.7 Å². The quantitative estimate of drug-likeness (QED) is 0.392. The Labute approximate surface area is 148 Å². The molecule has 1 aromatic rings. The Morgan fingerprint density at radius 3 is 2.61 bits per heavy atom. The number of benzene rings is 1. The van der Waals surface area contributed by atoms with Gasteiger partial charge in [0.25, 0.3) is 0 Å². The Bertz CT molecular complexity index is 523. The van der Waals surface area contributed by atoms with Gasteiger partial charge in [0.1, 0.15) is 28.9 Å². The summed E-state index contributed by atoms with van der Waals surface area (Å²) in [6.45, 7) is 5.10. The van der Waals surface area contributed by atoms with Gasteiger partial charge in [-0.25, -0.2) is 0 Å². The van der Waals surface area contributed by atoms with Crippen LogP contribution in [0.3, 0.4) is 0 Å². The molecule has 0 N–H and O–H groups in total. The van der Waals surface area contributed by atoms with Gasteiger partial charge in [0.15, 0.2) is 0 Å². The fourth-order valence-corrected chi connectivity index (χ4v) is 2.37. The number of hydrogen-bond donors (Lipinski definition) is 0. The van der Waals surface area contributed by atoms with Gasteiger partial charge >= 0.3 is 0 Å². The first-order chi connectivity index (χ1) is 11.1. The van der Waals surface area contributed by atoms with Crippen molar-refractivity contribution in [2.45, 2.75) is 46.0 Å². The van der Waals surface area contributed by atoms with Crippen molar-refractivity contribution >= 4 is 29.5 Å². The number of carbonyl (C=O) groups is 1. The third kappa shape index (κ3) is 7.76. The maximum Gasteiger partial charge on any atom is 0.125 e. The van der Waals surface area contributed by atoms with Gasteiger partial charge in [0.2, 0.25) is 0 Å². The molecule has 0 aliphatic carbocycles. The third-order valence-electron chi connectivity index (χ3n) is 3.41. The van der Waals surface area contributed by atoms with Crippen LogP contribution in [-0.2, 0) is 11.2 Å². The van der Waals surface area contributed by atoms with Crippen LogP contribution in [0, 0.1) is 6.92 Å². The highest BCUT2D eigenvalue weighted by Gasteiger charge is 2.09. The fourth-order valence-electron chi connectivity index (χ4n) is 2.25. The number of carbonyl (C=O) groups excluding carboxylic acids is 1. The molecule has 3 nitrogen and oxygen atoms in total. The van der Waals surface area contributed by atoms with E-state index in [2.05, 4.69) is 6.92 Å². The summed E-state index contributed by atoms with van der Waals surface area (Å²) in [6.07, 6.45) is 6.95. The molecule has 0 aliphatic rings. The molecule has 1 rings (SSSR count). The first-order valence-electron chi connectivity index (χ1n) is 7.92. The van der Waals surface area contributed by atoms with Crippen LogP contribution in [0.25, 0.3) is 0 Å². The summed E-state index contributed by atoms with van der Waals surface area (Å²) in [6, 6.07) is 3.95. The molecule has 0 unspecified atom stereocenters. The van der Waals surface area contributed by atoms with E-state index in [0.29, 0.717) is 19.6 Å². The molecule has 128 valence electrons. The van der Waals surface area contributed by atoms with E-state index in [1.54, 1.807) is 6.08 Å². The summed E-state index contributed by atoms with van der Waals surface area (Å²) in [5.41, 5.74) is 2.17. The van der Waals surface area contributed by atoms with Crippen molar-refractivity contribution in [2.24, 2.45) is 0 Å². The molecular formula is C18H24Cl2O3. The predicted octanol–water partition coefficient (Wildman–Crippen LogP) is 5.39. The molecule has 0 bridgehead atoms. The monoisotopic (exact) mass is 358 g/mol. The minimum absolute atomic E-state index is 0.201. The molecule has 0 atom stereocenters. The zero-order valence-corrected chi connectivity index (χ0v) is 15.3. The second-order valence-corrected chi connectivity index (χ2v) is 6.26. The summed E-state index contributed by atoms with van der Waals surface area (Å²) in [5, 5.41) is 0. The van der Waals surface area contributed by atoms with E-state index in [1.165, 1.54) is 0 Å². The lowest BCUT2D eigenvalue weighted by Gasteiger charge is -2.15. The Balaban J connectivity index is 2.61. The standard InChI is InChI=1S/C18H24Cl2O3/c1-3-15-13-16(22-11-8-17(19)20)12-14(2)18(15)23-10-7-5-4-6-9-21/h8-9,12-13H,3-7,10-11H2,1-2H3. The molecule has 0 saturated carbocycles. The third-order valence-corrected chi connectivity index (χ3v) is 3.71. The van der Waals surface area contributed by atoms with Crippen molar-refractivity contribution in [3.8, 4) is 11.5 Å². The van der Waals surface area contributed by atoms with Crippen molar-refractivity contribution in [1.82, 2.24) is 0 Å². The number of unbranched alkanes of at least 4 members (excludes halogenated alkanes) is 3. The maximum atomic E-state index is 10.3. The van der Waals surface area contributed by atoms with Crippen LogP contribution in [0.4, 0.5) is 0 Å². The van der Waals surface area contributed by atoms with Crippen molar-refractivity contribution < 1.29 is 14.3 Å². The van der Waals surface area contributed by atoms with E-state index >= 15 is 0 Å². The lowest BCUT2D eigenvalue weighted by molar-refractivity contribution is -0.107. The molecule has 0 radical (unpaired) electrons. The first kappa shape index (κ1) is 19.9. The second-order valence-electron chi connectivity index (χ2n) is 5.25. The summed E-state index contributed by atoms with van der Waals surface area (Å²) in [5.74, 6) is 1.71. The molecule has 0 saturated heterocycles. The number of halogens is 2. The van der Waals surface area contributed by atoms with E-state index in [4.69, 9.17) is 32.7 Å². The van der Waals surface area contributed by atoms with Crippen molar-refractivity contribution in [2.75, 3.05) is 13.2 Å². The van der Waals surface area contributed by atoms with E-state index in [0.717, 1.165) is 54.6 Å². The number of ether oxygens (including phenoxy) is 2. The lowest BCUT2D eigenvalue weighted by Crippen LogP contribution is -2.03. The maximum absolute atomic E-state index is 10.3. The van der Waals surface area contributed by atoms with Gasteiger partial charge in [-0.2, -0.15) is 0 Å². The van der Waals surface area contributed by atoms with Crippen LogP contribution < -0.4 is 9.47 Å². The molecule has 5 heteroatoms. The first-order valence-corrected chi connectivity index (χ1v) is 8.68. The SMILES string of the molecule is CCc1cc(OCC=C(Cl)Cl)cc(C)c1OCCCCCC=O. The van der Waals surface area contributed by atoms with Crippen LogP contribution in [0.1, 0.15) is 43.7 Å². The topological polar surface area (TPSA) is 35.5 Å². The molecular weight excluding hydrogens is 335 g/mol. The highest BCUT2D eigenvalue weighted by atomic mass is 35.5. The highest BCUT2D eigenvalue weighted by Crippen LogP contribution is 2.30. The van der Waals surface area contributed by atoms with Gasteiger partial charge in [-0.05, 0) is 61.9 Å². The van der Waals surface area contributed by atoms with Gasteiger partial charge in [0, 0.05) is 6.42 Å². The molecule has 0 aliphatic heterocycles. The van der Waals surface area contributed by atoms with E-state index < -0.39 is 0 Å². The Hall–Kier alpha value is -1.19. The van der Waals surface area contributed by atoms with Crippen LogP contribution in [-0.4, -0.2) is 19.5 Å². The second kappa shape index (κ2) is 11.4. The highest BCUT2D eigenvalue weighted by molar-refractivity contribution is 6.55. The van der Waals surface area contributed by atoms with E-state index in [1.807, 2.05) is 19.1 Å². The molecule has 0 heterocycles. The molecule has 0 amide bonds. The van der Waals surface area contributed by atoms with Crippen LogP contribution in [0.2, 0.25) is 0 Å². The Morgan fingerprint density at radius 1 is 1.17 bits per heavy atom. The predicted molar refractivity (Wildman–Crippen MR) is 95.9 cm³/mol. The zero-order chi connectivity index (χ0) is 17.1. The lowest BCUT2D eigenvalue weighted by atomic mass is 10.1. The number of hydrogen-bond acceptors (Lipinski definition) is 3. The van der Waals surface area contributed by atoms with Gasteiger partial charge in [-0.15, -0.1) is 0 Å². The largest absolute Gasteiger partial charge is 0.493 e. The van der Waals surface area contributed by atoms with Crippen LogP contribution in [0.5, 0.6) is 11.5 Å². The fraction of sp³-hybridized carbons (Fsp3) is 0.500. The minimum Gasteiger partial charge on any atom is -0.493 e. The van der Waals surface area contributed by atoms with E-state index in [-0.39, 0.29) is 4.49 Å². The van der Waals surface area contributed by atoms with Crippen molar-refractivity contribution in [3.05, 3.63) is 33.8 Å². The smallest absolute Gasteiger partial charge is 0.125 e. The summed E-state index contributed by atoms with van der Waals surface area (Å²) in [7, 11) is 0. The minimum atomic E-state index is 0.201. The number of aryl methyl sites for hydroxylation is 2. The molecule has 0 aromatic heterocycles. The van der Waals surface area contributed by atoms with Gasteiger partial charge < -0.3 is 14.3 Å². The van der Waals surface area contributed by atoms with Crippen LogP contribution >= 0.6 is 23.2 Å². The van der Waals surface area contributed by atoms with Gasteiger partial charge in [-0.1, -0.05) is 30.1 Å². The average Bonchev–Trinajstić information content (AvgIpc) is 2.51. The molecule has 0 fully saturated rings. The number of rotatable bonds is 11.